The number of carboxylic acids is 1. The number of methoxy groups -OCH3 is 1. The Morgan fingerprint density at radius 2 is 2.23 bits per heavy atom. The van der Waals surface area contributed by atoms with E-state index < -0.39 is 18.0 Å². The highest BCUT2D eigenvalue weighted by Crippen LogP contribution is 2.24. The van der Waals surface area contributed by atoms with E-state index >= 15 is 0 Å². The Labute approximate surface area is 79.8 Å². The van der Waals surface area contributed by atoms with Gasteiger partial charge in [0.25, 0.3) is 0 Å². The van der Waals surface area contributed by atoms with Crippen LogP contribution in [0.3, 0.4) is 0 Å². The second-order valence-corrected chi connectivity index (χ2v) is 3.80. The van der Waals surface area contributed by atoms with E-state index in [0.717, 1.165) is 0 Å². The van der Waals surface area contributed by atoms with Crippen LogP contribution in [0, 0.1) is 5.92 Å². The Kier molecular flexibility index (Phi) is 3.41. The average molecular weight is 205 g/mol. The first-order valence-corrected chi connectivity index (χ1v) is 4.95. The Hall–Kier alpha value is -0.910. The van der Waals surface area contributed by atoms with Gasteiger partial charge in [-0.25, -0.2) is 4.79 Å². The summed E-state index contributed by atoms with van der Waals surface area (Å²) in [5, 5.41) is 11.3. The molecule has 1 saturated heterocycles. The molecule has 0 saturated carbocycles. The van der Waals surface area contributed by atoms with Crippen LogP contribution in [0.2, 0.25) is 0 Å². The Balaban J connectivity index is 2.48. The highest BCUT2D eigenvalue weighted by molar-refractivity contribution is 7.99. The predicted molar refractivity (Wildman–Crippen MR) is 47.8 cm³/mol. The van der Waals surface area contributed by atoms with Gasteiger partial charge in [-0.15, -0.1) is 0 Å². The van der Waals surface area contributed by atoms with Crippen molar-refractivity contribution in [1.82, 2.24) is 5.32 Å². The van der Waals surface area contributed by atoms with Gasteiger partial charge in [0.15, 0.2) is 0 Å². The number of alkyl carbamates (subject to hydrolysis) is 1. The van der Waals surface area contributed by atoms with Crippen LogP contribution in [0.1, 0.15) is 0 Å². The van der Waals surface area contributed by atoms with Crippen molar-refractivity contribution < 1.29 is 19.4 Å². The summed E-state index contributed by atoms with van der Waals surface area (Å²) in [6.07, 6.45) is -0.571. The van der Waals surface area contributed by atoms with Crippen LogP contribution in [-0.4, -0.2) is 41.8 Å². The van der Waals surface area contributed by atoms with Crippen LogP contribution in [0.5, 0.6) is 0 Å². The minimum Gasteiger partial charge on any atom is -0.481 e. The first-order valence-electron chi connectivity index (χ1n) is 3.80. The Morgan fingerprint density at radius 3 is 2.77 bits per heavy atom. The third-order valence-corrected chi connectivity index (χ3v) is 3.08. The standard InChI is InChI=1S/C7H11NO4S/c1-12-7(11)8-5-3-13-2-4(5)6(9)10/h4-5H,2-3H2,1H3,(H,8,11)(H,9,10). The van der Waals surface area contributed by atoms with E-state index in [4.69, 9.17) is 5.11 Å². The number of carbonyl (C=O) groups excluding carboxylic acids is 1. The monoisotopic (exact) mass is 205 g/mol. The molecule has 1 aliphatic rings. The molecule has 1 rings (SSSR count). The molecule has 2 N–H and O–H groups in total. The van der Waals surface area contributed by atoms with E-state index in [9.17, 15) is 9.59 Å². The zero-order chi connectivity index (χ0) is 9.84. The van der Waals surface area contributed by atoms with E-state index in [2.05, 4.69) is 10.1 Å². The number of hydrogen-bond acceptors (Lipinski definition) is 4. The molecule has 1 fully saturated rings. The van der Waals surface area contributed by atoms with Crippen LogP contribution in [0.4, 0.5) is 4.79 Å². The van der Waals surface area contributed by atoms with Crippen molar-refractivity contribution in [3.05, 3.63) is 0 Å². The highest BCUT2D eigenvalue weighted by Gasteiger charge is 2.34. The molecule has 13 heavy (non-hydrogen) atoms. The molecule has 2 unspecified atom stereocenters. The molecule has 6 heteroatoms. The van der Waals surface area contributed by atoms with E-state index in [1.54, 1.807) is 0 Å². The summed E-state index contributed by atoms with van der Waals surface area (Å²) >= 11 is 1.52. The van der Waals surface area contributed by atoms with E-state index in [0.29, 0.717) is 11.5 Å². The van der Waals surface area contributed by atoms with Crippen molar-refractivity contribution in [2.75, 3.05) is 18.6 Å². The lowest BCUT2D eigenvalue weighted by atomic mass is 10.1. The number of rotatable bonds is 2. The summed E-state index contributed by atoms with van der Waals surface area (Å²) < 4.78 is 4.39. The van der Waals surface area contributed by atoms with Crippen molar-refractivity contribution in [3.63, 3.8) is 0 Å². The first kappa shape index (κ1) is 10.2. The van der Waals surface area contributed by atoms with Crippen molar-refractivity contribution in [2.24, 2.45) is 5.92 Å². The topological polar surface area (TPSA) is 75.6 Å². The second kappa shape index (κ2) is 4.36. The van der Waals surface area contributed by atoms with Gasteiger partial charge < -0.3 is 15.2 Å². The van der Waals surface area contributed by atoms with Crippen LogP contribution in [-0.2, 0) is 9.53 Å². The van der Waals surface area contributed by atoms with Crippen molar-refractivity contribution >= 4 is 23.8 Å². The maximum Gasteiger partial charge on any atom is 0.407 e. The molecule has 2 atom stereocenters. The lowest BCUT2D eigenvalue weighted by molar-refractivity contribution is -0.141. The summed E-state index contributed by atoms with van der Waals surface area (Å²) in [5.41, 5.74) is 0. The number of aliphatic carboxylic acids is 1. The number of hydrogen-bond donors (Lipinski definition) is 2. The third-order valence-electron chi connectivity index (χ3n) is 1.89. The van der Waals surface area contributed by atoms with Crippen molar-refractivity contribution in [2.45, 2.75) is 6.04 Å². The summed E-state index contributed by atoms with van der Waals surface area (Å²) in [6, 6.07) is -0.310. The van der Waals surface area contributed by atoms with Crippen LogP contribution in [0.15, 0.2) is 0 Å². The van der Waals surface area contributed by atoms with Gasteiger partial charge in [0, 0.05) is 11.5 Å². The fourth-order valence-corrected chi connectivity index (χ4v) is 2.48. The number of carbonyl (C=O) groups is 2. The summed E-state index contributed by atoms with van der Waals surface area (Å²) in [4.78, 5) is 21.5. The molecule has 0 bridgehead atoms. The fourth-order valence-electron chi connectivity index (χ4n) is 1.15. The maximum absolute atomic E-state index is 10.8. The molecule has 1 heterocycles. The normalized spacial score (nSPS) is 26.8. The van der Waals surface area contributed by atoms with Crippen molar-refractivity contribution in [1.29, 1.82) is 0 Å². The van der Waals surface area contributed by atoms with Crippen LogP contribution < -0.4 is 5.32 Å². The molecule has 0 spiro atoms. The largest absolute Gasteiger partial charge is 0.481 e. The summed E-state index contributed by atoms with van der Waals surface area (Å²) in [7, 11) is 1.26. The molecule has 0 aromatic rings. The van der Waals surface area contributed by atoms with Gasteiger partial charge in [0.05, 0.1) is 19.1 Å². The molecule has 1 amide bonds. The van der Waals surface area contributed by atoms with Gasteiger partial charge in [0.2, 0.25) is 0 Å². The van der Waals surface area contributed by atoms with Crippen LogP contribution >= 0.6 is 11.8 Å². The molecular formula is C7H11NO4S. The molecule has 0 aromatic carbocycles. The number of ether oxygens (including phenoxy) is 1. The molecule has 0 radical (unpaired) electrons. The van der Waals surface area contributed by atoms with Gasteiger partial charge >= 0.3 is 12.1 Å². The Morgan fingerprint density at radius 1 is 1.54 bits per heavy atom. The molecule has 0 aliphatic carbocycles. The molecule has 74 valence electrons. The zero-order valence-corrected chi connectivity index (χ0v) is 7.97. The number of carboxylic acid groups (broad SMARTS) is 1. The molecule has 0 aromatic heterocycles. The average Bonchev–Trinajstić information content (AvgIpc) is 2.52. The third kappa shape index (κ3) is 2.51. The Bertz CT molecular complexity index is 221. The SMILES string of the molecule is COC(=O)NC1CSCC1C(=O)O. The van der Waals surface area contributed by atoms with E-state index in [1.165, 1.54) is 18.9 Å². The number of nitrogens with one attached hydrogen (secondary N) is 1. The highest BCUT2D eigenvalue weighted by atomic mass is 32.2. The molecule has 5 nitrogen and oxygen atoms in total. The lowest BCUT2D eigenvalue weighted by Gasteiger charge is -2.15. The van der Waals surface area contributed by atoms with Gasteiger partial charge in [0.1, 0.15) is 0 Å². The first-order chi connectivity index (χ1) is 6.15. The van der Waals surface area contributed by atoms with Crippen LogP contribution in [0.25, 0.3) is 0 Å². The minimum absolute atomic E-state index is 0.310. The zero-order valence-electron chi connectivity index (χ0n) is 7.15. The second-order valence-electron chi connectivity index (χ2n) is 2.72. The predicted octanol–water partition coefficient (Wildman–Crippen LogP) is 0.159. The van der Waals surface area contributed by atoms with Gasteiger partial charge in [-0.05, 0) is 0 Å². The van der Waals surface area contributed by atoms with E-state index in [-0.39, 0.29) is 6.04 Å². The lowest BCUT2D eigenvalue weighted by Crippen LogP contribution is -2.42. The van der Waals surface area contributed by atoms with Gasteiger partial charge in [-0.3, -0.25) is 4.79 Å². The fraction of sp³-hybridized carbons (Fsp3) is 0.714. The number of amides is 1. The molecular weight excluding hydrogens is 194 g/mol. The maximum atomic E-state index is 10.8. The summed E-state index contributed by atoms with van der Waals surface area (Å²) in [6.45, 7) is 0. The van der Waals surface area contributed by atoms with Gasteiger partial charge in [-0.1, -0.05) is 0 Å². The molecule has 1 aliphatic heterocycles. The quantitative estimate of drug-likeness (QED) is 0.671. The number of thioether (sulfide) groups is 1. The summed E-state index contributed by atoms with van der Waals surface area (Å²) in [5.74, 6) is -0.189. The smallest absolute Gasteiger partial charge is 0.407 e. The van der Waals surface area contributed by atoms with E-state index in [1.807, 2.05) is 0 Å². The minimum atomic E-state index is -0.869. The van der Waals surface area contributed by atoms with Crippen molar-refractivity contribution in [3.8, 4) is 0 Å². The van der Waals surface area contributed by atoms with Gasteiger partial charge in [-0.2, -0.15) is 11.8 Å².